The third-order valence-corrected chi connectivity index (χ3v) is 4.36. The van der Waals surface area contributed by atoms with Crippen LogP contribution in [0.5, 0.6) is 0 Å². The fourth-order valence-electron chi connectivity index (χ4n) is 2.96. The summed E-state index contributed by atoms with van der Waals surface area (Å²) >= 11 is 0. The van der Waals surface area contributed by atoms with Gasteiger partial charge in [0.25, 0.3) is 0 Å². The minimum atomic E-state index is -0.580. The molecule has 138 valence electrons. The number of nitrogens with one attached hydrogen (secondary N) is 1. The van der Waals surface area contributed by atoms with Gasteiger partial charge in [0.1, 0.15) is 6.54 Å². The molecule has 0 radical (unpaired) electrons. The van der Waals surface area contributed by atoms with Gasteiger partial charge in [-0.3, -0.25) is 9.69 Å². The van der Waals surface area contributed by atoms with E-state index in [2.05, 4.69) is 32.3 Å². The summed E-state index contributed by atoms with van der Waals surface area (Å²) in [4.78, 5) is 26.6. The Morgan fingerprint density at radius 3 is 2.54 bits per heavy atom. The Kier molecular flexibility index (Phi) is 5.80. The number of carbonyl (C=O) groups excluding carboxylic acids is 1. The van der Waals surface area contributed by atoms with Crippen LogP contribution in [0.4, 0.5) is 11.5 Å². The van der Waals surface area contributed by atoms with Gasteiger partial charge in [0.2, 0.25) is 5.91 Å². The standard InChI is InChI=1S/C17H22N6O3/c24-17(14-22-8-6-16(19-22)23(25)26)18-7-9-20-10-12-21(13-11-20)15-4-2-1-3-5-15/h1-6,8H,7,9-14H2,(H,18,24). The van der Waals surface area contributed by atoms with Crippen LogP contribution in [0.25, 0.3) is 0 Å². The van der Waals surface area contributed by atoms with Crippen molar-refractivity contribution in [3.8, 4) is 0 Å². The molecule has 0 aliphatic carbocycles. The predicted octanol–water partition coefficient (Wildman–Crippen LogP) is 0.730. The summed E-state index contributed by atoms with van der Waals surface area (Å²) in [6.45, 7) is 5.16. The number of hydrogen-bond acceptors (Lipinski definition) is 6. The number of rotatable bonds is 7. The van der Waals surface area contributed by atoms with Gasteiger partial charge in [0, 0.05) is 45.0 Å². The van der Waals surface area contributed by atoms with Crippen molar-refractivity contribution in [1.29, 1.82) is 0 Å². The number of nitro groups is 1. The monoisotopic (exact) mass is 358 g/mol. The zero-order valence-corrected chi connectivity index (χ0v) is 14.5. The van der Waals surface area contributed by atoms with Crippen LogP contribution in [-0.2, 0) is 11.3 Å². The van der Waals surface area contributed by atoms with Gasteiger partial charge in [0.15, 0.2) is 0 Å². The summed E-state index contributed by atoms with van der Waals surface area (Å²) in [7, 11) is 0. The normalized spacial score (nSPS) is 15.0. The van der Waals surface area contributed by atoms with Gasteiger partial charge in [-0.15, -0.1) is 0 Å². The van der Waals surface area contributed by atoms with Crippen molar-refractivity contribution < 1.29 is 9.72 Å². The smallest absolute Gasteiger partial charge is 0.369 e. The zero-order valence-electron chi connectivity index (χ0n) is 14.5. The first kappa shape index (κ1) is 17.9. The molecule has 1 aromatic carbocycles. The maximum atomic E-state index is 11.9. The lowest BCUT2D eigenvalue weighted by molar-refractivity contribution is -0.389. The van der Waals surface area contributed by atoms with E-state index in [0.29, 0.717) is 6.54 Å². The minimum Gasteiger partial charge on any atom is -0.369 e. The maximum absolute atomic E-state index is 11.9. The molecule has 9 heteroatoms. The molecule has 1 amide bonds. The second kappa shape index (κ2) is 8.43. The molecule has 1 aliphatic rings. The number of aromatic nitrogens is 2. The Hall–Kier alpha value is -2.94. The Labute approximate surface area is 151 Å². The molecule has 3 rings (SSSR count). The van der Waals surface area contributed by atoms with Crippen molar-refractivity contribution >= 4 is 17.4 Å². The van der Waals surface area contributed by atoms with Crippen LogP contribution in [0.3, 0.4) is 0 Å². The number of hydrogen-bond donors (Lipinski definition) is 1. The molecule has 0 bridgehead atoms. The van der Waals surface area contributed by atoms with Crippen molar-refractivity contribution in [2.75, 3.05) is 44.2 Å². The molecule has 0 spiro atoms. The van der Waals surface area contributed by atoms with Crippen LogP contribution in [0.1, 0.15) is 0 Å². The first-order valence-corrected chi connectivity index (χ1v) is 8.59. The summed E-state index contributed by atoms with van der Waals surface area (Å²) in [5.74, 6) is -0.458. The van der Waals surface area contributed by atoms with Crippen molar-refractivity contribution in [2.24, 2.45) is 0 Å². The van der Waals surface area contributed by atoms with E-state index in [1.54, 1.807) is 0 Å². The first-order valence-electron chi connectivity index (χ1n) is 8.59. The van der Waals surface area contributed by atoms with Gasteiger partial charge in [0.05, 0.1) is 17.4 Å². The second-order valence-corrected chi connectivity index (χ2v) is 6.14. The maximum Gasteiger partial charge on any atom is 0.389 e. The van der Waals surface area contributed by atoms with Crippen LogP contribution < -0.4 is 10.2 Å². The van der Waals surface area contributed by atoms with E-state index in [1.807, 2.05) is 18.2 Å². The highest BCUT2D eigenvalue weighted by Gasteiger charge is 2.17. The number of anilines is 1. The van der Waals surface area contributed by atoms with Crippen LogP contribution in [0, 0.1) is 10.1 Å². The first-order chi connectivity index (χ1) is 12.6. The molecular weight excluding hydrogens is 336 g/mol. The highest BCUT2D eigenvalue weighted by Crippen LogP contribution is 2.15. The van der Waals surface area contributed by atoms with Crippen LogP contribution in [-0.4, -0.2) is 64.8 Å². The van der Waals surface area contributed by atoms with Crippen LogP contribution >= 0.6 is 0 Å². The molecule has 0 atom stereocenters. The average Bonchev–Trinajstić information content (AvgIpc) is 3.12. The summed E-state index contributed by atoms with van der Waals surface area (Å²) < 4.78 is 1.27. The van der Waals surface area contributed by atoms with Crippen LogP contribution in [0.15, 0.2) is 42.6 Å². The van der Waals surface area contributed by atoms with Crippen molar-refractivity contribution in [2.45, 2.75) is 6.54 Å². The number of nitrogens with zero attached hydrogens (tertiary/aromatic N) is 5. The quantitative estimate of drug-likeness (QED) is 0.579. The zero-order chi connectivity index (χ0) is 18.4. The lowest BCUT2D eigenvalue weighted by Crippen LogP contribution is -2.48. The molecule has 26 heavy (non-hydrogen) atoms. The van der Waals surface area contributed by atoms with Gasteiger partial charge in [-0.1, -0.05) is 18.2 Å². The molecule has 1 N–H and O–H groups in total. The Morgan fingerprint density at radius 2 is 1.88 bits per heavy atom. The molecule has 0 saturated carbocycles. The number of carbonyl (C=O) groups is 1. The highest BCUT2D eigenvalue weighted by molar-refractivity contribution is 5.75. The molecule has 2 aromatic rings. The number of amides is 1. The Morgan fingerprint density at radius 1 is 1.15 bits per heavy atom. The molecule has 1 saturated heterocycles. The van der Waals surface area contributed by atoms with Gasteiger partial charge in [-0.2, -0.15) is 4.68 Å². The third kappa shape index (κ3) is 4.79. The van der Waals surface area contributed by atoms with E-state index in [9.17, 15) is 14.9 Å². The van der Waals surface area contributed by atoms with E-state index in [4.69, 9.17) is 0 Å². The highest BCUT2D eigenvalue weighted by atomic mass is 16.6. The topological polar surface area (TPSA) is 96.5 Å². The molecule has 1 fully saturated rings. The van der Waals surface area contributed by atoms with Gasteiger partial charge >= 0.3 is 5.82 Å². The Bertz CT molecular complexity index is 740. The summed E-state index contributed by atoms with van der Waals surface area (Å²) in [5.41, 5.74) is 1.24. The molecule has 1 aliphatic heterocycles. The average molecular weight is 358 g/mol. The van der Waals surface area contributed by atoms with Gasteiger partial charge in [-0.05, 0) is 17.1 Å². The van der Waals surface area contributed by atoms with E-state index in [-0.39, 0.29) is 18.3 Å². The van der Waals surface area contributed by atoms with E-state index in [0.717, 1.165) is 32.7 Å². The lowest BCUT2D eigenvalue weighted by atomic mass is 10.2. The molecular formula is C17H22N6O3. The molecule has 9 nitrogen and oxygen atoms in total. The van der Waals surface area contributed by atoms with E-state index >= 15 is 0 Å². The summed E-state index contributed by atoms with van der Waals surface area (Å²) in [6.07, 6.45) is 1.43. The number of para-hydroxylation sites is 1. The van der Waals surface area contributed by atoms with Crippen molar-refractivity contribution in [1.82, 2.24) is 20.0 Å². The largest absolute Gasteiger partial charge is 0.389 e. The fraction of sp³-hybridized carbons (Fsp3) is 0.412. The molecule has 2 heterocycles. The van der Waals surface area contributed by atoms with E-state index < -0.39 is 4.92 Å². The molecule has 1 aromatic heterocycles. The fourth-order valence-corrected chi connectivity index (χ4v) is 2.96. The number of benzene rings is 1. The van der Waals surface area contributed by atoms with Gasteiger partial charge in [-0.25, -0.2) is 0 Å². The molecule has 0 unspecified atom stereocenters. The van der Waals surface area contributed by atoms with E-state index in [1.165, 1.54) is 22.6 Å². The minimum absolute atomic E-state index is 0.0182. The van der Waals surface area contributed by atoms with Gasteiger partial charge < -0.3 is 20.3 Å². The Balaban J connectivity index is 1.35. The van der Waals surface area contributed by atoms with Crippen molar-refractivity contribution in [3.63, 3.8) is 0 Å². The third-order valence-electron chi connectivity index (χ3n) is 4.36. The second-order valence-electron chi connectivity index (χ2n) is 6.14. The predicted molar refractivity (Wildman–Crippen MR) is 97.0 cm³/mol. The van der Waals surface area contributed by atoms with Crippen LogP contribution in [0.2, 0.25) is 0 Å². The SMILES string of the molecule is O=C(Cn1ccc([N+](=O)[O-])n1)NCCN1CCN(c2ccccc2)CC1. The summed E-state index contributed by atoms with van der Waals surface area (Å²) in [6, 6.07) is 11.6. The lowest BCUT2D eigenvalue weighted by Gasteiger charge is -2.36. The van der Waals surface area contributed by atoms with Crippen molar-refractivity contribution in [3.05, 3.63) is 52.7 Å². The summed E-state index contributed by atoms with van der Waals surface area (Å²) in [5, 5.41) is 17.1. The number of piperazine rings is 1.